The van der Waals surface area contributed by atoms with Crippen molar-refractivity contribution in [3.63, 3.8) is 0 Å². The standard InChI is InChI=1S/C13H24N2O4S/c1-10-5-7-14(8-6-10)20(18,19)15-9-12(13(16)17)4-3-11(15)2/h10-12H,3-9H2,1-2H3,(H,16,17). The molecule has 7 heteroatoms. The van der Waals surface area contributed by atoms with Crippen molar-refractivity contribution in [2.24, 2.45) is 11.8 Å². The summed E-state index contributed by atoms with van der Waals surface area (Å²) in [6.07, 6.45) is 2.92. The topological polar surface area (TPSA) is 77.9 Å². The highest BCUT2D eigenvalue weighted by molar-refractivity contribution is 7.86. The minimum absolute atomic E-state index is 0.102. The number of rotatable bonds is 3. The van der Waals surface area contributed by atoms with Gasteiger partial charge in [0, 0.05) is 25.7 Å². The predicted octanol–water partition coefficient (Wildman–Crippen LogP) is 1.15. The lowest BCUT2D eigenvalue weighted by molar-refractivity contribution is -0.143. The Balaban J connectivity index is 2.12. The van der Waals surface area contributed by atoms with Crippen LogP contribution in [0.4, 0.5) is 0 Å². The maximum atomic E-state index is 12.7. The SMILES string of the molecule is CC1CCN(S(=O)(=O)N2CC(C(=O)O)CCC2C)CC1. The summed E-state index contributed by atoms with van der Waals surface area (Å²) in [5.74, 6) is -0.916. The molecule has 20 heavy (non-hydrogen) atoms. The number of hydrogen-bond donors (Lipinski definition) is 1. The van der Waals surface area contributed by atoms with E-state index < -0.39 is 22.1 Å². The Bertz CT molecular complexity index is 457. The lowest BCUT2D eigenvalue weighted by Gasteiger charge is -2.40. The van der Waals surface area contributed by atoms with Crippen LogP contribution in [-0.2, 0) is 15.0 Å². The van der Waals surface area contributed by atoms with Gasteiger partial charge in [0.2, 0.25) is 0 Å². The summed E-state index contributed by atoms with van der Waals surface area (Å²) in [4.78, 5) is 11.1. The molecule has 0 spiro atoms. The van der Waals surface area contributed by atoms with Crippen molar-refractivity contribution < 1.29 is 18.3 Å². The van der Waals surface area contributed by atoms with Gasteiger partial charge in [-0.3, -0.25) is 4.79 Å². The average molecular weight is 304 g/mol. The summed E-state index contributed by atoms with van der Waals surface area (Å²) in [6.45, 7) is 5.19. The molecule has 0 bridgehead atoms. The van der Waals surface area contributed by atoms with Gasteiger partial charge in [0.25, 0.3) is 10.2 Å². The Hall–Kier alpha value is -0.660. The van der Waals surface area contributed by atoms with Gasteiger partial charge < -0.3 is 5.11 Å². The Morgan fingerprint density at radius 2 is 1.70 bits per heavy atom. The molecule has 0 aromatic carbocycles. The van der Waals surface area contributed by atoms with Crippen molar-refractivity contribution in [2.45, 2.75) is 45.6 Å². The molecule has 0 aromatic heterocycles. The van der Waals surface area contributed by atoms with Crippen LogP contribution < -0.4 is 0 Å². The third-order valence-electron chi connectivity index (χ3n) is 4.54. The van der Waals surface area contributed by atoms with Gasteiger partial charge in [-0.05, 0) is 38.5 Å². The molecule has 116 valence electrons. The number of hydrogen-bond acceptors (Lipinski definition) is 3. The zero-order chi connectivity index (χ0) is 14.9. The third-order valence-corrected chi connectivity index (χ3v) is 6.66. The van der Waals surface area contributed by atoms with E-state index in [1.165, 1.54) is 8.61 Å². The van der Waals surface area contributed by atoms with Gasteiger partial charge >= 0.3 is 5.97 Å². The summed E-state index contributed by atoms with van der Waals surface area (Å²) >= 11 is 0. The van der Waals surface area contributed by atoms with E-state index in [4.69, 9.17) is 5.11 Å². The van der Waals surface area contributed by atoms with Gasteiger partial charge in [0.05, 0.1) is 5.92 Å². The van der Waals surface area contributed by atoms with Gasteiger partial charge in [-0.15, -0.1) is 0 Å². The number of nitrogens with zero attached hydrogens (tertiary/aromatic N) is 2. The second-order valence-electron chi connectivity index (χ2n) is 6.12. The van der Waals surface area contributed by atoms with Crippen LogP contribution in [0.25, 0.3) is 0 Å². The molecule has 0 radical (unpaired) electrons. The van der Waals surface area contributed by atoms with Crippen molar-refractivity contribution in [3.05, 3.63) is 0 Å². The first-order chi connectivity index (χ1) is 9.32. The van der Waals surface area contributed by atoms with Crippen LogP contribution in [0, 0.1) is 11.8 Å². The Morgan fingerprint density at radius 3 is 2.25 bits per heavy atom. The summed E-state index contributed by atoms with van der Waals surface area (Å²) in [5.41, 5.74) is 0. The molecule has 2 aliphatic rings. The highest BCUT2D eigenvalue weighted by Crippen LogP contribution is 2.28. The van der Waals surface area contributed by atoms with Crippen LogP contribution in [-0.4, -0.2) is 53.8 Å². The van der Waals surface area contributed by atoms with Crippen molar-refractivity contribution >= 4 is 16.2 Å². The summed E-state index contributed by atoms with van der Waals surface area (Å²) in [5, 5.41) is 9.12. The molecular weight excluding hydrogens is 280 g/mol. The molecule has 2 atom stereocenters. The normalized spacial score (nSPS) is 31.3. The fraction of sp³-hybridized carbons (Fsp3) is 0.923. The van der Waals surface area contributed by atoms with Crippen LogP contribution in [0.15, 0.2) is 0 Å². The van der Waals surface area contributed by atoms with Gasteiger partial charge in [0.15, 0.2) is 0 Å². The zero-order valence-corrected chi connectivity index (χ0v) is 13.0. The molecule has 0 aromatic rings. The molecule has 2 rings (SSSR count). The van der Waals surface area contributed by atoms with Gasteiger partial charge in [-0.1, -0.05) is 6.92 Å². The minimum atomic E-state index is -3.52. The lowest BCUT2D eigenvalue weighted by Crippen LogP contribution is -2.54. The first-order valence-corrected chi connectivity index (χ1v) is 8.71. The molecule has 2 fully saturated rings. The van der Waals surface area contributed by atoms with E-state index in [9.17, 15) is 13.2 Å². The maximum absolute atomic E-state index is 12.7. The van der Waals surface area contributed by atoms with Crippen molar-refractivity contribution in [3.8, 4) is 0 Å². The summed E-state index contributed by atoms with van der Waals surface area (Å²) in [6, 6.07) is -0.116. The third kappa shape index (κ3) is 3.15. The predicted molar refractivity (Wildman–Crippen MR) is 75.4 cm³/mol. The summed E-state index contributed by atoms with van der Waals surface area (Å²) < 4.78 is 28.3. The Morgan fingerprint density at radius 1 is 1.10 bits per heavy atom. The molecule has 0 amide bonds. The smallest absolute Gasteiger partial charge is 0.307 e. The second kappa shape index (κ2) is 5.99. The number of carboxylic acids is 1. The number of carboxylic acid groups (broad SMARTS) is 1. The average Bonchev–Trinajstić information content (AvgIpc) is 2.39. The van der Waals surface area contributed by atoms with Gasteiger partial charge in [-0.2, -0.15) is 17.0 Å². The monoisotopic (exact) mass is 304 g/mol. The molecular formula is C13H24N2O4S. The molecule has 6 nitrogen and oxygen atoms in total. The van der Waals surface area contributed by atoms with Crippen LogP contribution in [0.2, 0.25) is 0 Å². The Kier molecular flexibility index (Phi) is 4.71. The van der Waals surface area contributed by atoms with Crippen LogP contribution in [0.1, 0.15) is 39.5 Å². The van der Waals surface area contributed by atoms with Crippen molar-refractivity contribution in [1.82, 2.24) is 8.61 Å². The lowest BCUT2D eigenvalue weighted by atomic mass is 9.96. The van der Waals surface area contributed by atoms with Crippen LogP contribution >= 0.6 is 0 Å². The molecule has 0 saturated carbocycles. The van der Waals surface area contributed by atoms with E-state index in [0.29, 0.717) is 31.8 Å². The summed E-state index contributed by atoms with van der Waals surface area (Å²) in [7, 11) is -3.52. The van der Waals surface area contributed by atoms with Crippen LogP contribution in [0.3, 0.4) is 0 Å². The molecule has 2 aliphatic heterocycles. The minimum Gasteiger partial charge on any atom is -0.481 e. The van der Waals surface area contributed by atoms with E-state index in [2.05, 4.69) is 6.92 Å². The molecule has 2 unspecified atom stereocenters. The van der Waals surface area contributed by atoms with E-state index in [1.54, 1.807) is 0 Å². The zero-order valence-electron chi connectivity index (χ0n) is 12.2. The highest BCUT2D eigenvalue weighted by atomic mass is 32.2. The fourth-order valence-corrected chi connectivity index (χ4v) is 4.86. The second-order valence-corrected chi connectivity index (χ2v) is 8.00. The van der Waals surface area contributed by atoms with E-state index in [0.717, 1.165) is 12.8 Å². The molecule has 0 aliphatic carbocycles. The van der Waals surface area contributed by atoms with E-state index >= 15 is 0 Å². The van der Waals surface area contributed by atoms with Crippen molar-refractivity contribution in [1.29, 1.82) is 0 Å². The molecule has 2 saturated heterocycles. The highest BCUT2D eigenvalue weighted by Gasteiger charge is 2.40. The maximum Gasteiger partial charge on any atom is 0.307 e. The van der Waals surface area contributed by atoms with Crippen LogP contribution in [0.5, 0.6) is 0 Å². The number of carbonyl (C=O) groups is 1. The van der Waals surface area contributed by atoms with E-state index in [-0.39, 0.29) is 12.6 Å². The van der Waals surface area contributed by atoms with Gasteiger partial charge in [-0.25, -0.2) is 0 Å². The molecule has 2 heterocycles. The quantitative estimate of drug-likeness (QED) is 0.848. The van der Waals surface area contributed by atoms with Gasteiger partial charge in [0.1, 0.15) is 0 Å². The Labute approximate surface area is 120 Å². The van der Waals surface area contributed by atoms with Crippen molar-refractivity contribution in [2.75, 3.05) is 19.6 Å². The molecule has 1 N–H and O–H groups in total. The number of aliphatic carboxylic acids is 1. The fourth-order valence-electron chi connectivity index (χ4n) is 2.96. The largest absolute Gasteiger partial charge is 0.481 e. The van der Waals surface area contributed by atoms with E-state index in [1.807, 2.05) is 6.92 Å². The first kappa shape index (κ1) is 15.7. The first-order valence-electron chi connectivity index (χ1n) is 7.32. The number of piperidine rings is 2.